The Bertz CT molecular complexity index is 645. The van der Waals surface area contributed by atoms with Crippen LogP contribution < -0.4 is 10.6 Å². The van der Waals surface area contributed by atoms with Gasteiger partial charge in [-0.15, -0.1) is 0 Å². The van der Waals surface area contributed by atoms with Gasteiger partial charge in [0.1, 0.15) is 6.04 Å². The van der Waals surface area contributed by atoms with E-state index in [1.54, 1.807) is 4.90 Å². The van der Waals surface area contributed by atoms with Crippen LogP contribution in [0.1, 0.15) is 31.4 Å². The van der Waals surface area contributed by atoms with E-state index < -0.39 is 17.9 Å². The smallest absolute Gasteiger partial charge is 0.326 e. The molecule has 0 saturated carbocycles. The summed E-state index contributed by atoms with van der Waals surface area (Å²) in [6, 6.07) is 6.71. The molecule has 0 aromatic heterocycles. The number of urea groups is 1. The molecule has 2 rings (SSSR count). The predicted molar refractivity (Wildman–Crippen MR) is 93.0 cm³/mol. The molecular formula is C18H25N3O4. The van der Waals surface area contributed by atoms with Gasteiger partial charge in [0.2, 0.25) is 5.91 Å². The van der Waals surface area contributed by atoms with Crippen LogP contribution >= 0.6 is 0 Å². The number of nitrogens with one attached hydrogen (secondary N) is 2. The SMILES string of the molecule is CC(C)CC(NC(=O)CNC(=O)N1CCc2ccccc2C1)C(=O)O. The molecule has 3 amide bonds. The van der Waals surface area contributed by atoms with E-state index in [2.05, 4.69) is 16.7 Å². The molecule has 0 fully saturated rings. The van der Waals surface area contributed by atoms with E-state index in [4.69, 9.17) is 5.11 Å². The monoisotopic (exact) mass is 347 g/mol. The first-order valence-corrected chi connectivity index (χ1v) is 8.48. The highest BCUT2D eigenvalue weighted by molar-refractivity contribution is 5.87. The summed E-state index contributed by atoms with van der Waals surface area (Å²) >= 11 is 0. The highest BCUT2D eigenvalue weighted by Crippen LogP contribution is 2.18. The standard InChI is InChI=1S/C18H25N3O4/c1-12(2)9-15(17(23)24)20-16(22)10-19-18(25)21-8-7-13-5-3-4-6-14(13)11-21/h3-6,12,15H,7-11H2,1-2H3,(H,19,25)(H,20,22)(H,23,24). The topological polar surface area (TPSA) is 98.7 Å². The van der Waals surface area contributed by atoms with Crippen molar-refractivity contribution in [3.63, 3.8) is 0 Å². The van der Waals surface area contributed by atoms with E-state index in [0.717, 1.165) is 12.0 Å². The molecule has 0 saturated heterocycles. The van der Waals surface area contributed by atoms with Crippen LogP contribution in [0.5, 0.6) is 0 Å². The molecular weight excluding hydrogens is 322 g/mol. The zero-order valence-corrected chi connectivity index (χ0v) is 14.6. The second-order valence-electron chi connectivity index (χ2n) is 6.69. The molecule has 0 bridgehead atoms. The minimum absolute atomic E-state index is 0.143. The zero-order valence-electron chi connectivity index (χ0n) is 14.6. The van der Waals surface area contributed by atoms with Crippen molar-refractivity contribution in [3.05, 3.63) is 35.4 Å². The third-order valence-corrected chi connectivity index (χ3v) is 4.16. The van der Waals surface area contributed by atoms with Crippen LogP contribution in [0.4, 0.5) is 4.79 Å². The molecule has 0 radical (unpaired) electrons. The van der Waals surface area contributed by atoms with Crippen LogP contribution in [0.2, 0.25) is 0 Å². The Labute approximate surface area is 147 Å². The van der Waals surface area contributed by atoms with Gasteiger partial charge in [-0.05, 0) is 29.9 Å². The molecule has 1 aliphatic heterocycles. The summed E-state index contributed by atoms with van der Waals surface area (Å²) in [5.41, 5.74) is 2.35. The minimum atomic E-state index is -1.07. The fraction of sp³-hybridized carbons (Fsp3) is 0.500. The first-order chi connectivity index (χ1) is 11.9. The number of carbonyl (C=O) groups is 3. The maximum absolute atomic E-state index is 12.2. The van der Waals surface area contributed by atoms with Crippen LogP contribution in [-0.4, -0.2) is 47.0 Å². The van der Waals surface area contributed by atoms with Gasteiger partial charge >= 0.3 is 12.0 Å². The summed E-state index contributed by atoms with van der Waals surface area (Å²) in [7, 11) is 0. The number of aliphatic carboxylic acids is 1. The Morgan fingerprint density at radius 2 is 1.88 bits per heavy atom. The van der Waals surface area contributed by atoms with Gasteiger partial charge in [0.05, 0.1) is 6.54 Å². The summed E-state index contributed by atoms with van der Waals surface area (Å²) in [5, 5.41) is 14.1. The lowest BCUT2D eigenvalue weighted by atomic mass is 10.0. The Morgan fingerprint density at radius 1 is 1.20 bits per heavy atom. The van der Waals surface area contributed by atoms with E-state index in [1.165, 1.54) is 5.56 Å². The Morgan fingerprint density at radius 3 is 2.52 bits per heavy atom. The molecule has 1 atom stereocenters. The van der Waals surface area contributed by atoms with Gasteiger partial charge < -0.3 is 20.6 Å². The summed E-state index contributed by atoms with van der Waals surface area (Å²) < 4.78 is 0. The van der Waals surface area contributed by atoms with Gasteiger partial charge in [0.15, 0.2) is 0 Å². The normalized spacial score (nSPS) is 14.6. The highest BCUT2D eigenvalue weighted by atomic mass is 16.4. The lowest BCUT2D eigenvalue weighted by molar-refractivity contribution is -0.142. The molecule has 0 spiro atoms. The largest absolute Gasteiger partial charge is 0.480 e. The average Bonchev–Trinajstić information content (AvgIpc) is 2.58. The van der Waals surface area contributed by atoms with Crippen molar-refractivity contribution in [2.24, 2.45) is 5.92 Å². The van der Waals surface area contributed by atoms with Gasteiger partial charge in [-0.1, -0.05) is 38.1 Å². The summed E-state index contributed by atoms with van der Waals surface area (Å²) in [6.45, 7) is 4.64. The first-order valence-electron chi connectivity index (χ1n) is 8.48. The Kier molecular flexibility index (Phi) is 6.38. The van der Waals surface area contributed by atoms with E-state index in [0.29, 0.717) is 19.5 Å². The van der Waals surface area contributed by atoms with Crippen molar-refractivity contribution in [3.8, 4) is 0 Å². The highest BCUT2D eigenvalue weighted by Gasteiger charge is 2.23. The molecule has 3 N–H and O–H groups in total. The first kappa shape index (κ1) is 18.8. The molecule has 136 valence electrons. The number of nitrogens with zero attached hydrogens (tertiary/aromatic N) is 1. The van der Waals surface area contributed by atoms with Gasteiger partial charge in [0.25, 0.3) is 0 Å². The molecule has 1 unspecified atom stereocenters. The molecule has 7 nitrogen and oxygen atoms in total. The van der Waals surface area contributed by atoms with E-state index >= 15 is 0 Å². The molecule has 1 aromatic rings. The van der Waals surface area contributed by atoms with Crippen molar-refractivity contribution in [1.29, 1.82) is 0 Å². The number of benzene rings is 1. The van der Waals surface area contributed by atoms with Crippen LogP contribution in [0, 0.1) is 5.92 Å². The number of amides is 3. The maximum atomic E-state index is 12.2. The quantitative estimate of drug-likeness (QED) is 0.724. The maximum Gasteiger partial charge on any atom is 0.326 e. The number of carboxylic acids is 1. The molecule has 0 aliphatic carbocycles. The van der Waals surface area contributed by atoms with Crippen molar-refractivity contribution < 1.29 is 19.5 Å². The number of hydrogen-bond donors (Lipinski definition) is 3. The van der Waals surface area contributed by atoms with Crippen LogP contribution in [0.25, 0.3) is 0 Å². The van der Waals surface area contributed by atoms with Crippen LogP contribution in [0.3, 0.4) is 0 Å². The third kappa shape index (κ3) is 5.48. The fourth-order valence-corrected chi connectivity index (χ4v) is 2.88. The van der Waals surface area contributed by atoms with Crippen molar-refractivity contribution in [1.82, 2.24) is 15.5 Å². The van der Waals surface area contributed by atoms with Gasteiger partial charge in [-0.2, -0.15) is 0 Å². The zero-order chi connectivity index (χ0) is 18.4. The second kappa shape index (κ2) is 8.50. The molecule has 1 heterocycles. The fourth-order valence-electron chi connectivity index (χ4n) is 2.88. The molecule has 1 aromatic carbocycles. The summed E-state index contributed by atoms with van der Waals surface area (Å²) in [4.78, 5) is 37.0. The van der Waals surface area contributed by atoms with Gasteiger partial charge in [0, 0.05) is 13.1 Å². The van der Waals surface area contributed by atoms with Crippen molar-refractivity contribution in [2.75, 3.05) is 13.1 Å². The molecule has 1 aliphatic rings. The number of rotatable bonds is 6. The van der Waals surface area contributed by atoms with E-state index in [9.17, 15) is 14.4 Å². The van der Waals surface area contributed by atoms with Crippen LogP contribution in [0.15, 0.2) is 24.3 Å². The number of hydrogen-bond acceptors (Lipinski definition) is 3. The van der Waals surface area contributed by atoms with Gasteiger partial charge in [-0.3, -0.25) is 4.79 Å². The van der Waals surface area contributed by atoms with Crippen LogP contribution in [-0.2, 0) is 22.6 Å². The third-order valence-electron chi connectivity index (χ3n) is 4.16. The lowest BCUT2D eigenvalue weighted by Crippen LogP contribution is -2.49. The number of carboxylic acid groups (broad SMARTS) is 1. The number of fused-ring (bicyclic) bond motifs is 1. The Hall–Kier alpha value is -2.57. The predicted octanol–water partition coefficient (Wildman–Crippen LogP) is 1.37. The molecule has 7 heteroatoms. The van der Waals surface area contributed by atoms with Crippen molar-refractivity contribution >= 4 is 17.9 Å². The molecule has 25 heavy (non-hydrogen) atoms. The average molecular weight is 347 g/mol. The van der Waals surface area contributed by atoms with E-state index in [1.807, 2.05) is 32.0 Å². The Balaban J connectivity index is 1.81. The number of carbonyl (C=O) groups excluding carboxylic acids is 2. The van der Waals surface area contributed by atoms with E-state index in [-0.39, 0.29) is 18.5 Å². The van der Waals surface area contributed by atoms with Gasteiger partial charge in [-0.25, -0.2) is 9.59 Å². The summed E-state index contributed by atoms with van der Waals surface area (Å²) in [6.07, 6.45) is 1.13. The second-order valence-corrected chi connectivity index (χ2v) is 6.69. The minimum Gasteiger partial charge on any atom is -0.480 e. The lowest BCUT2D eigenvalue weighted by Gasteiger charge is -2.29. The summed E-state index contributed by atoms with van der Waals surface area (Å²) in [5.74, 6) is -1.43. The van der Waals surface area contributed by atoms with Crippen molar-refractivity contribution in [2.45, 2.75) is 39.3 Å².